The van der Waals surface area contributed by atoms with Crippen molar-refractivity contribution in [3.05, 3.63) is 71.3 Å². The van der Waals surface area contributed by atoms with Gasteiger partial charge in [0.1, 0.15) is 0 Å². The van der Waals surface area contributed by atoms with E-state index in [1.165, 1.54) is 16.7 Å². The molecule has 0 saturated heterocycles. The van der Waals surface area contributed by atoms with Crippen molar-refractivity contribution in [3.63, 3.8) is 0 Å². The normalized spacial score (nSPS) is 14.1. The van der Waals surface area contributed by atoms with Crippen molar-refractivity contribution in [1.29, 1.82) is 0 Å². The lowest BCUT2D eigenvalue weighted by molar-refractivity contribution is 0.204. The lowest BCUT2D eigenvalue weighted by atomic mass is 9.93. The Morgan fingerprint density at radius 1 is 0.952 bits per heavy atom. The van der Waals surface area contributed by atoms with E-state index in [0.717, 1.165) is 0 Å². The van der Waals surface area contributed by atoms with Crippen LogP contribution in [0.5, 0.6) is 0 Å². The van der Waals surface area contributed by atoms with Crippen LogP contribution in [0.1, 0.15) is 36.6 Å². The number of rotatable bonds is 6. The Morgan fingerprint density at radius 2 is 1.57 bits per heavy atom. The van der Waals surface area contributed by atoms with Gasteiger partial charge in [-0.15, -0.1) is 0 Å². The quantitative estimate of drug-likeness (QED) is 0.847. The molecule has 0 aliphatic heterocycles. The fourth-order valence-electron chi connectivity index (χ4n) is 2.59. The van der Waals surface area contributed by atoms with Gasteiger partial charge < -0.3 is 10.4 Å². The molecule has 0 radical (unpaired) electrons. The highest BCUT2D eigenvalue weighted by Crippen LogP contribution is 2.26. The van der Waals surface area contributed by atoms with Crippen LogP contribution in [0, 0.1) is 12.8 Å². The molecule has 0 saturated carbocycles. The number of aliphatic hydroxyl groups is 1. The Balaban J connectivity index is 2.38. The Kier molecular flexibility index (Phi) is 5.54. The third kappa shape index (κ3) is 3.93. The summed E-state index contributed by atoms with van der Waals surface area (Å²) in [7, 11) is 0. The van der Waals surface area contributed by atoms with Gasteiger partial charge in [0, 0.05) is 6.04 Å². The first-order chi connectivity index (χ1) is 10.1. The van der Waals surface area contributed by atoms with Crippen molar-refractivity contribution in [2.24, 2.45) is 5.92 Å². The monoisotopic (exact) mass is 283 g/mol. The van der Waals surface area contributed by atoms with Crippen molar-refractivity contribution >= 4 is 0 Å². The van der Waals surface area contributed by atoms with Crippen LogP contribution in [0.4, 0.5) is 0 Å². The van der Waals surface area contributed by atoms with E-state index >= 15 is 0 Å². The van der Waals surface area contributed by atoms with Crippen molar-refractivity contribution in [2.45, 2.75) is 32.9 Å². The number of nitrogens with one attached hydrogen (secondary N) is 1. The zero-order valence-corrected chi connectivity index (χ0v) is 13.1. The van der Waals surface area contributed by atoms with Crippen LogP contribution in [0.15, 0.2) is 54.6 Å². The average molecular weight is 283 g/mol. The van der Waals surface area contributed by atoms with E-state index in [-0.39, 0.29) is 18.7 Å². The minimum Gasteiger partial charge on any atom is -0.395 e. The molecular weight excluding hydrogens is 258 g/mol. The van der Waals surface area contributed by atoms with Gasteiger partial charge in [-0.3, -0.25) is 0 Å². The summed E-state index contributed by atoms with van der Waals surface area (Å²) in [6.07, 6.45) is 0. The summed E-state index contributed by atoms with van der Waals surface area (Å²) in [5.41, 5.74) is 3.76. The molecule has 2 nitrogen and oxygen atoms in total. The third-order valence-electron chi connectivity index (χ3n) is 4.01. The van der Waals surface area contributed by atoms with Crippen molar-refractivity contribution in [3.8, 4) is 0 Å². The summed E-state index contributed by atoms with van der Waals surface area (Å²) in [4.78, 5) is 0. The topological polar surface area (TPSA) is 32.3 Å². The summed E-state index contributed by atoms with van der Waals surface area (Å²) in [5, 5.41) is 13.3. The molecule has 2 aromatic carbocycles. The van der Waals surface area contributed by atoms with Gasteiger partial charge in [-0.25, -0.2) is 0 Å². The summed E-state index contributed by atoms with van der Waals surface area (Å²) < 4.78 is 0. The summed E-state index contributed by atoms with van der Waals surface area (Å²) >= 11 is 0. The lowest BCUT2D eigenvalue weighted by Crippen LogP contribution is -2.40. The van der Waals surface area contributed by atoms with E-state index in [1.807, 2.05) is 6.07 Å². The Morgan fingerprint density at radius 3 is 2.14 bits per heavy atom. The fourth-order valence-corrected chi connectivity index (χ4v) is 2.59. The highest BCUT2D eigenvalue weighted by Gasteiger charge is 2.21. The van der Waals surface area contributed by atoms with Gasteiger partial charge >= 0.3 is 0 Å². The van der Waals surface area contributed by atoms with E-state index in [4.69, 9.17) is 0 Å². The fraction of sp³-hybridized carbons (Fsp3) is 0.368. The van der Waals surface area contributed by atoms with Gasteiger partial charge in [-0.05, 0) is 29.5 Å². The molecule has 0 amide bonds. The smallest absolute Gasteiger partial charge is 0.0587 e. The molecule has 0 heterocycles. The second-order valence-electron chi connectivity index (χ2n) is 5.90. The van der Waals surface area contributed by atoms with Gasteiger partial charge in [-0.2, -0.15) is 0 Å². The number of benzene rings is 2. The van der Waals surface area contributed by atoms with Crippen molar-refractivity contribution in [1.82, 2.24) is 5.32 Å². The van der Waals surface area contributed by atoms with Gasteiger partial charge in [0.2, 0.25) is 0 Å². The van der Waals surface area contributed by atoms with Crippen LogP contribution >= 0.6 is 0 Å². The molecule has 2 rings (SSSR count). The van der Waals surface area contributed by atoms with Gasteiger partial charge in [0.05, 0.1) is 12.6 Å². The van der Waals surface area contributed by atoms with Gasteiger partial charge in [-0.1, -0.05) is 68.4 Å². The van der Waals surface area contributed by atoms with E-state index in [2.05, 4.69) is 74.6 Å². The molecular formula is C19H25NO. The van der Waals surface area contributed by atoms with Gasteiger partial charge in [0.15, 0.2) is 0 Å². The molecule has 0 spiro atoms. The zero-order chi connectivity index (χ0) is 15.2. The third-order valence-corrected chi connectivity index (χ3v) is 4.01. The van der Waals surface area contributed by atoms with Crippen LogP contribution in [0.25, 0.3) is 0 Å². The van der Waals surface area contributed by atoms with Crippen LogP contribution in [0.3, 0.4) is 0 Å². The van der Waals surface area contributed by atoms with E-state index in [9.17, 15) is 5.11 Å². The molecule has 21 heavy (non-hydrogen) atoms. The molecule has 2 N–H and O–H groups in total. The van der Waals surface area contributed by atoms with E-state index in [0.29, 0.717) is 5.92 Å². The highest BCUT2D eigenvalue weighted by molar-refractivity contribution is 5.36. The van der Waals surface area contributed by atoms with Crippen LogP contribution in [0.2, 0.25) is 0 Å². The molecule has 0 aliphatic carbocycles. The van der Waals surface area contributed by atoms with Crippen molar-refractivity contribution in [2.75, 3.05) is 6.61 Å². The van der Waals surface area contributed by atoms with Crippen LogP contribution < -0.4 is 5.32 Å². The molecule has 0 fully saturated rings. The minimum absolute atomic E-state index is 0.0785. The van der Waals surface area contributed by atoms with Crippen LogP contribution in [-0.2, 0) is 0 Å². The molecule has 2 unspecified atom stereocenters. The molecule has 0 aliphatic rings. The maximum absolute atomic E-state index is 9.65. The van der Waals surface area contributed by atoms with E-state index < -0.39 is 0 Å². The molecule has 2 aromatic rings. The molecule has 2 atom stereocenters. The number of hydrogen-bond acceptors (Lipinski definition) is 2. The first kappa shape index (κ1) is 15.7. The second-order valence-corrected chi connectivity index (χ2v) is 5.90. The van der Waals surface area contributed by atoms with Crippen molar-refractivity contribution < 1.29 is 5.11 Å². The number of aliphatic hydroxyl groups excluding tert-OH is 1. The Labute approximate surface area is 127 Å². The maximum atomic E-state index is 9.65. The summed E-state index contributed by atoms with van der Waals surface area (Å²) in [6.45, 7) is 6.55. The lowest BCUT2D eigenvalue weighted by Gasteiger charge is -2.29. The largest absolute Gasteiger partial charge is 0.395 e. The summed E-state index contributed by atoms with van der Waals surface area (Å²) in [6, 6.07) is 19.0. The molecule has 112 valence electrons. The van der Waals surface area contributed by atoms with Gasteiger partial charge in [0.25, 0.3) is 0 Å². The number of hydrogen-bond donors (Lipinski definition) is 2. The standard InChI is InChI=1S/C19H25NO/c1-14(2)18(13-21)20-19(16-10-5-4-6-11-16)17-12-8-7-9-15(17)3/h4-12,14,18-21H,13H2,1-3H3. The maximum Gasteiger partial charge on any atom is 0.0587 e. The molecule has 0 bridgehead atoms. The Hall–Kier alpha value is -1.64. The van der Waals surface area contributed by atoms with Crippen LogP contribution in [-0.4, -0.2) is 17.8 Å². The Bertz CT molecular complexity index is 551. The first-order valence-corrected chi connectivity index (χ1v) is 7.61. The molecule has 0 aromatic heterocycles. The molecule has 2 heteroatoms. The predicted octanol–water partition coefficient (Wildman–Crippen LogP) is 3.69. The summed E-state index contributed by atoms with van der Waals surface area (Å²) in [5.74, 6) is 0.380. The minimum atomic E-state index is 0.0785. The number of aryl methyl sites for hydroxylation is 1. The first-order valence-electron chi connectivity index (χ1n) is 7.61. The highest BCUT2D eigenvalue weighted by atomic mass is 16.3. The zero-order valence-electron chi connectivity index (χ0n) is 13.1. The van der Waals surface area contributed by atoms with E-state index in [1.54, 1.807) is 0 Å². The SMILES string of the molecule is Cc1ccccc1C(NC(CO)C(C)C)c1ccccc1. The second kappa shape index (κ2) is 7.39. The predicted molar refractivity (Wildman–Crippen MR) is 88.3 cm³/mol. The average Bonchev–Trinajstić information content (AvgIpc) is 2.50.